The van der Waals surface area contributed by atoms with Gasteiger partial charge in [0.05, 0.1) is 12.2 Å². The average Bonchev–Trinajstić information content (AvgIpc) is 2.57. The second kappa shape index (κ2) is 16.8. The molecule has 2 N–H and O–H groups in total. The van der Waals surface area contributed by atoms with Crippen LogP contribution in [0.4, 0.5) is 0 Å². The van der Waals surface area contributed by atoms with E-state index in [9.17, 15) is 15.0 Å². The van der Waals surface area contributed by atoms with Crippen molar-refractivity contribution >= 4 is 5.97 Å². The number of ether oxygens (including phenoxy) is 1. The van der Waals surface area contributed by atoms with E-state index < -0.39 is 18.2 Å². The Hall–Kier alpha value is -0.610. The largest absolute Gasteiger partial charge is 0.461 e. The molecule has 25 heavy (non-hydrogen) atoms. The van der Waals surface area contributed by atoms with Crippen molar-refractivity contribution in [1.82, 2.24) is 0 Å². The highest BCUT2D eigenvalue weighted by Crippen LogP contribution is 2.14. The Morgan fingerprint density at radius 2 is 1.16 bits per heavy atom. The third-order valence-electron chi connectivity index (χ3n) is 4.56. The van der Waals surface area contributed by atoms with Gasteiger partial charge in [0.25, 0.3) is 0 Å². The smallest absolute Gasteiger partial charge is 0.337 e. The summed E-state index contributed by atoms with van der Waals surface area (Å²) in [7, 11) is 0. The summed E-state index contributed by atoms with van der Waals surface area (Å²) in [6, 6.07) is 0. The fraction of sp³-hybridized carbons (Fsp3) is 0.952. The molecule has 0 amide bonds. The van der Waals surface area contributed by atoms with Crippen molar-refractivity contribution in [2.45, 2.75) is 129 Å². The number of aliphatic hydroxyl groups is 2. The lowest BCUT2D eigenvalue weighted by atomic mass is 10.0. The number of rotatable bonds is 17. The van der Waals surface area contributed by atoms with Gasteiger partial charge in [0, 0.05) is 0 Å². The van der Waals surface area contributed by atoms with Crippen LogP contribution >= 0.6 is 0 Å². The van der Waals surface area contributed by atoms with Crippen molar-refractivity contribution < 1.29 is 19.7 Å². The van der Waals surface area contributed by atoms with E-state index in [0.717, 1.165) is 19.3 Å². The fourth-order valence-corrected chi connectivity index (χ4v) is 2.99. The molecule has 0 fully saturated rings. The Balaban J connectivity index is 3.39. The van der Waals surface area contributed by atoms with Gasteiger partial charge >= 0.3 is 5.97 Å². The van der Waals surface area contributed by atoms with Gasteiger partial charge in [0.1, 0.15) is 0 Å². The third-order valence-corrected chi connectivity index (χ3v) is 4.56. The molecule has 0 aromatic heterocycles. The van der Waals surface area contributed by atoms with E-state index in [1.807, 2.05) is 0 Å². The van der Waals surface area contributed by atoms with Gasteiger partial charge in [0.15, 0.2) is 6.10 Å². The summed E-state index contributed by atoms with van der Waals surface area (Å²) in [5.74, 6) is -0.725. The molecule has 0 radical (unpaired) electrons. The first-order valence-electron chi connectivity index (χ1n) is 10.6. The Morgan fingerprint density at radius 3 is 1.56 bits per heavy atom. The number of carbonyl (C=O) groups is 1. The van der Waals surface area contributed by atoms with Gasteiger partial charge in [-0.25, -0.2) is 4.79 Å². The second-order valence-electron chi connectivity index (χ2n) is 7.53. The van der Waals surface area contributed by atoms with E-state index in [-0.39, 0.29) is 6.10 Å². The summed E-state index contributed by atoms with van der Waals surface area (Å²) >= 11 is 0. The highest BCUT2D eigenvalue weighted by molar-refractivity contribution is 5.75. The van der Waals surface area contributed by atoms with Crippen LogP contribution in [0.2, 0.25) is 0 Å². The van der Waals surface area contributed by atoms with Crippen molar-refractivity contribution in [2.24, 2.45) is 0 Å². The Kier molecular flexibility index (Phi) is 16.4. The highest BCUT2D eigenvalue weighted by atomic mass is 16.6. The number of esters is 1. The second-order valence-corrected chi connectivity index (χ2v) is 7.53. The number of aliphatic hydroxyl groups excluding tert-OH is 2. The van der Waals surface area contributed by atoms with Crippen molar-refractivity contribution in [3.05, 3.63) is 0 Å². The molecule has 4 nitrogen and oxygen atoms in total. The zero-order valence-electron chi connectivity index (χ0n) is 16.8. The molecule has 0 aliphatic carbocycles. The van der Waals surface area contributed by atoms with E-state index in [4.69, 9.17) is 4.74 Å². The molecule has 0 aromatic rings. The summed E-state index contributed by atoms with van der Waals surface area (Å²) in [4.78, 5) is 11.5. The Labute approximate surface area is 155 Å². The van der Waals surface area contributed by atoms with E-state index in [1.54, 1.807) is 13.8 Å². The number of hydrogen-bond acceptors (Lipinski definition) is 4. The van der Waals surface area contributed by atoms with Crippen LogP contribution in [0.15, 0.2) is 0 Å². The molecule has 2 atom stereocenters. The van der Waals surface area contributed by atoms with Crippen LogP contribution in [-0.2, 0) is 9.53 Å². The third kappa shape index (κ3) is 15.4. The maximum atomic E-state index is 11.5. The van der Waals surface area contributed by atoms with Crippen LogP contribution in [0.1, 0.15) is 111 Å². The molecule has 0 heterocycles. The monoisotopic (exact) mass is 358 g/mol. The Morgan fingerprint density at radius 1 is 0.760 bits per heavy atom. The molecule has 0 spiro atoms. The standard InChI is InChI=1S/C21H42O4/c1-4-5-6-7-8-9-10-11-12-13-14-15-16-17-19(22)20(23)21(24)25-18(2)3/h18-20,22-23H,4-17H2,1-3H3/t19-,20+/m1/s1. The van der Waals surface area contributed by atoms with Crippen LogP contribution in [0.25, 0.3) is 0 Å². The molecule has 0 saturated carbocycles. The first-order chi connectivity index (χ1) is 12.0. The minimum Gasteiger partial charge on any atom is -0.461 e. The summed E-state index contributed by atoms with van der Waals surface area (Å²) in [5.41, 5.74) is 0. The first-order valence-corrected chi connectivity index (χ1v) is 10.6. The SMILES string of the molecule is CCCCCCCCCCCCCCC[C@@H](O)[C@H](O)C(=O)OC(C)C. The van der Waals surface area contributed by atoms with Crippen molar-refractivity contribution in [3.63, 3.8) is 0 Å². The summed E-state index contributed by atoms with van der Waals surface area (Å²) in [6.45, 7) is 5.70. The summed E-state index contributed by atoms with van der Waals surface area (Å²) in [6.07, 6.45) is 14.3. The Bertz CT molecular complexity index is 304. The molecular weight excluding hydrogens is 316 g/mol. The minimum absolute atomic E-state index is 0.273. The number of carbonyl (C=O) groups excluding carboxylic acids is 1. The molecular formula is C21H42O4. The van der Waals surface area contributed by atoms with Gasteiger partial charge in [-0.05, 0) is 20.3 Å². The lowest BCUT2D eigenvalue weighted by molar-refractivity contribution is -0.163. The summed E-state index contributed by atoms with van der Waals surface area (Å²) < 4.78 is 4.90. The van der Waals surface area contributed by atoms with Crippen LogP contribution in [0.3, 0.4) is 0 Å². The van der Waals surface area contributed by atoms with Crippen molar-refractivity contribution in [2.75, 3.05) is 0 Å². The predicted molar refractivity (Wildman–Crippen MR) is 104 cm³/mol. The maximum absolute atomic E-state index is 11.5. The topological polar surface area (TPSA) is 66.8 Å². The molecule has 150 valence electrons. The van der Waals surface area contributed by atoms with Crippen molar-refractivity contribution in [3.8, 4) is 0 Å². The zero-order chi connectivity index (χ0) is 18.9. The molecule has 0 aliphatic rings. The number of unbranched alkanes of at least 4 members (excludes halogenated alkanes) is 12. The van der Waals surface area contributed by atoms with Gasteiger partial charge in [-0.1, -0.05) is 90.4 Å². The van der Waals surface area contributed by atoms with Gasteiger partial charge in [-0.15, -0.1) is 0 Å². The average molecular weight is 359 g/mol. The van der Waals surface area contributed by atoms with E-state index in [0.29, 0.717) is 6.42 Å². The van der Waals surface area contributed by atoms with E-state index in [2.05, 4.69) is 6.92 Å². The van der Waals surface area contributed by atoms with Crippen LogP contribution in [0.5, 0.6) is 0 Å². The molecule has 0 saturated heterocycles. The molecule has 0 bridgehead atoms. The normalized spacial score (nSPS) is 13.8. The van der Waals surface area contributed by atoms with Crippen molar-refractivity contribution in [1.29, 1.82) is 0 Å². The van der Waals surface area contributed by atoms with E-state index >= 15 is 0 Å². The quantitative estimate of drug-likeness (QED) is 0.279. The predicted octanol–water partition coefficient (Wildman–Crippen LogP) is 5.14. The lowest BCUT2D eigenvalue weighted by Crippen LogP contribution is -2.36. The minimum atomic E-state index is -1.42. The summed E-state index contributed by atoms with van der Waals surface area (Å²) in [5, 5.41) is 19.5. The first kappa shape index (κ1) is 24.4. The molecule has 0 unspecified atom stereocenters. The van der Waals surface area contributed by atoms with Crippen LogP contribution in [-0.4, -0.2) is 34.5 Å². The van der Waals surface area contributed by atoms with Gasteiger partial charge in [-0.2, -0.15) is 0 Å². The maximum Gasteiger partial charge on any atom is 0.337 e. The molecule has 4 heteroatoms. The van der Waals surface area contributed by atoms with Gasteiger partial charge < -0.3 is 14.9 Å². The van der Waals surface area contributed by atoms with Crippen LogP contribution < -0.4 is 0 Å². The molecule has 0 aliphatic heterocycles. The van der Waals surface area contributed by atoms with Gasteiger partial charge in [0.2, 0.25) is 0 Å². The molecule has 0 rings (SSSR count). The number of hydrogen-bond donors (Lipinski definition) is 2. The van der Waals surface area contributed by atoms with Crippen LogP contribution in [0, 0.1) is 0 Å². The molecule has 0 aromatic carbocycles. The lowest BCUT2D eigenvalue weighted by Gasteiger charge is -2.18. The highest BCUT2D eigenvalue weighted by Gasteiger charge is 2.25. The van der Waals surface area contributed by atoms with E-state index in [1.165, 1.54) is 64.2 Å². The zero-order valence-corrected chi connectivity index (χ0v) is 16.8. The van der Waals surface area contributed by atoms with Gasteiger partial charge in [-0.3, -0.25) is 0 Å². The fourth-order valence-electron chi connectivity index (χ4n) is 2.99.